The maximum Gasteiger partial charge on any atom is 0.272 e. The second-order valence-corrected chi connectivity index (χ2v) is 8.04. The fourth-order valence-corrected chi connectivity index (χ4v) is 4.57. The van der Waals surface area contributed by atoms with E-state index in [9.17, 15) is 4.79 Å². The maximum absolute atomic E-state index is 12.9. The average Bonchev–Trinajstić information content (AvgIpc) is 3.45. The van der Waals surface area contributed by atoms with Gasteiger partial charge in [-0.2, -0.15) is 0 Å². The Bertz CT molecular complexity index is 983. The molecule has 1 aromatic carbocycles. The first-order valence-electron chi connectivity index (χ1n) is 10.3. The van der Waals surface area contributed by atoms with E-state index in [1.165, 1.54) is 25.7 Å². The van der Waals surface area contributed by atoms with Crippen LogP contribution in [0.4, 0.5) is 0 Å². The Balaban J connectivity index is 1.24. The zero-order valence-corrected chi connectivity index (χ0v) is 16.0. The van der Waals surface area contributed by atoms with E-state index in [4.69, 9.17) is 0 Å². The van der Waals surface area contributed by atoms with Crippen molar-refractivity contribution in [1.29, 1.82) is 0 Å². The molecule has 0 N–H and O–H groups in total. The highest BCUT2D eigenvalue weighted by atomic mass is 16.2. The number of carbonyl (C=O) groups is 1. The standard InChI is InChI=1S/C22H25N5O/c28-22(20-13-17-7-3-4-8-18(17)14-23-20)26-11-9-19(10-12-26)27-15-21(24-25-27)16-5-1-2-6-16/h3-4,7-8,13-16,19H,1-2,5-6,9-12H2. The molecule has 1 saturated carbocycles. The van der Waals surface area contributed by atoms with Crippen LogP contribution >= 0.6 is 0 Å². The molecule has 3 heterocycles. The van der Waals surface area contributed by atoms with Crippen LogP contribution in [0.1, 0.15) is 66.7 Å². The van der Waals surface area contributed by atoms with Crippen molar-refractivity contribution in [2.24, 2.45) is 0 Å². The Hall–Kier alpha value is -2.76. The quantitative estimate of drug-likeness (QED) is 0.695. The van der Waals surface area contributed by atoms with E-state index < -0.39 is 0 Å². The number of aromatic nitrogens is 4. The van der Waals surface area contributed by atoms with Gasteiger partial charge in [-0.3, -0.25) is 9.78 Å². The van der Waals surface area contributed by atoms with Gasteiger partial charge in [0.2, 0.25) is 0 Å². The highest BCUT2D eigenvalue weighted by Crippen LogP contribution is 2.33. The van der Waals surface area contributed by atoms with Crippen LogP contribution in [-0.4, -0.2) is 43.9 Å². The lowest BCUT2D eigenvalue weighted by Gasteiger charge is -2.31. The van der Waals surface area contributed by atoms with Gasteiger partial charge in [0.05, 0.1) is 11.7 Å². The number of pyridine rings is 1. The summed E-state index contributed by atoms with van der Waals surface area (Å²) >= 11 is 0. The van der Waals surface area contributed by atoms with Crippen molar-refractivity contribution in [3.05, 3.63) is 54.1 Å². The van der Waals surface area contributed by atoms with Gasteiger partial charge in [0, 0.05) is 36.8 Å². The zero-order valence-electron chi connectivity index (χ0n) is 16.0. The molecule has 1 saturated heterocycles. The van der Waals surface area contributed by atoms with Crippen LogP contribution in [0.2, 0.25) is 0 Å². The van der Waals surface area contributed by atoms with Crippen molar-refractivity contribution in [3.8, 4) is 0 Å². The summed E-state index contributed by atoms with van der Waals surface area (Å²) in [5.74, 6) is 0.615. The number of rotatable bonds is 3. The molecule has 5 rings (SSSR count). The van der Waals surface area contributed by atoms with Gasteiger partial charge < -0.3 is 4.90 Å². The summed E-state index contributed by atoms with van der Waals surface area (Å²) in [6.07, 6.45) is 10.8. The third-order valence-corrected chi connectivity index (χ3v) is 6.28. The molecule has 0 radical (unpaired) electrons. The Morgan fingerprint density at radius 2 is 1.75 bits per heavy atom. The van der Waals surface area contributed by atoms with Gasteiger partial charge in [0.1, 0.15) is 5.69 Å². The molecular formula is C22H25N5O. The van der Waals surface area contributed by atoms with E-state index in [2.05, 4.69) is 21.5 Å². The first-order chi connectivity index (χ1) is 13.8. The van der Waals surface area contributed by atoms with E-state index in [-0.39, 0.29) is 5.91 Å². The maximum atomic E-state index is 12.9. The van der Waals surface area contributed by atoms with Crippen LogP contribution in [0.5, 0.6) is 0 Å². The summed E-state index contributed by atoms with van der Waals surface area (Å²) < 4.78 is 2.03. The SMILES string of the molecule is O=C(c1cc2ccccc2cn1)N1CCC(n2cc(C3CCCC3)nn2)CC1. The summed E-state index contributed by atoms with van der Waals surface area (Å²) in [6, 6.07) is 10.2. The second kappa shape index (κ2) is 7.34. The first-order valence-corrected chi connectivity index (χ1v) is 10.3. The molecule has 0 atom stereocenters. The lowest BCUT2D eigenvalue weighted by molar-refractivity contribution is 0.0683. The van der Waals surface area contributed by atoms with Crippen molar-refractivity contribution >= 4 is 16.7 Å². The van der Waals surface area contributed by atoms with Crippen molar-refractivity contribution < 1.29 is 4.79 Å². The number of amides is 1. The minimum absolute atomic E-state index is 0.0226. The molecule has 2 aromatic heterocycles. The lowest BCUT2D eigenvalue weighted by Crippen LogP contribution is -2.39. The minimum atomic E-state index is 0.0226. The Kier molecular flexibility index (Phi) is 4.55. The largest absolute Gasteiger partial charge is 0.337 e. The summed E-state index contributed by atoms with van der Waals surface area (Å²) in [6.45, 7) is 1.47. The van der Waals surface area contributed by atoms with Gasteiger partial charge in [0.15, 0.2) is 0 Å². The predicted molar refractivity (Wildman–Crippen MR) is 107 cm³/mol. The minimum Gasteiger partial charge on any atom is -0.337 e. The van der Waals surface area contributed by atoms with Crippen molar-refractivity contribution in [3.63, 3.8) is 0 Å². The highest BCUT2D eigenvalue weighted by molar-refractivity contribution is 5.96. The van der Waals surface area contributed by atoms with Crippen LogP contribution in [0.25, 0.3) is 10.8 Å². The molecule has 0 unspecified atom stereocenters. The van der Waals surface area contributed by atoms with Gasteiger partial charge >= 0.3 is 0 Å². The van der Waals surface area contributed by atoms with Gasteiger partial charge in [-0.05, 0) is 37.1 Å². The van der Waals surface area contributed by atoms with E-state index in [0.29, 0.717) is 17.7 Å². The molecular weight excluding hydrogens is 350 g/mol. The predicted octanol–water partition coefficient (Wildman–Crippen LogP) is 3.96. The van der Waals surface area contributed by atoms with Gasteiger partial charge in [-0.25, -0.2) is 4.68 Å². The lowest BCUT2D eigenvalue weighted by atomic mass is 10.0. The van der Waals surface area contributed by atoms with Gasteiger partial charge in [-0.1, -0.05) is 42.3 Å². The summed E-state index contributed by atoms with van der Waals surface area (Å²) in [7, 11) is 0. The number of hydrogen-bond donors (Lipinski definition) is 0. The smallest absolute Gasteiger partial charge is 0.272 e. The molecule has 0 spiro atoms. The van der Waals surface area contributed by atoms with E-state index in [1.54, 1.807) is 6.20 Å². The Morgan fingerprint density at radius 3 is 2.54 bits per heavy atom. The number of likely N-dealkylation sites (tertiary alicyclic amines) is 1. The van der Waals surface area contributed by atoms with Crippen LogP contribution in [0.15, 0.2) is 42.7 Å². The fraction of sp³-hybridized carbons (Fsp3) is 0.455. The molecule has 1 amide bonds. The summed E-state index contributed by atoms with van der Waals surface area (Å²) in [5.41, 5.74) is 1.68. The fourth-order valence-electron chi connectivity index (χ4n) is 4.57. The Labute approximate surface area is 164 Å². The number of nitrogens with zero attached hydrogens (tertiary/aromatic N) is 5. The van der Waals surface area contributed by atoms with Crippen molar-refractivity contribution in [1.82, 2.24) is 24.9 Å². The molecule has 28 heavy (non-hydrogen) atoms. The number of carbonyl (C=O) groups excluding carboxylic acids is 1. The molecule has 1 aliphatic heterocycles. The molecule has 1 aliphatic carbocycles. The zero-order chi connectivity index (χ0) is 18.9. The number of benzene rings is 1. The summed E-state index contributed by atoms with van der Waals surface area (Å²) in [4.78, 5) is 19.2. The molecule has 2 fully saturated rings. The third-order valence-electron chi connectivity index (χ3n) is 6.28. The first kappa shape index (κ1) is 17.3. The second-order valence-electron chi connectivity index (χ2n) is 8.04. The molecule has 2 aliphatic rings. The third kappa shape index (κ3) is 3.28. The van der Waals surface area contributed by atoms with Crippen LogP contribution in [0, 0.1) is 0 Å². The van der Waals surface area contributed by atoms with Crippen LogP contribution in [0.3, 0.4) is 0 Å². The highest BCUT2D eigenvalue weighted by Gasteiger charge is 2.27. The topological polar surface area (TPSA) is 63.9 Å². The number of hydrogen-bond acceptors (Lipinski definition) is 4. The van der Waals surface area contributed by atoms with E-state index in [1.807, 2.05) is 39.9 Å². The monoisotopic (exact) mass is 375 g/mol. The normalized spacial score (nSPS) is 18.8. The Morgan fingerprint density at radius 1 is 1.00 bits per heavy atom. The van der Waals surface area contributed by atoms with E-state index >= 15 is 0 Å². The van der Waals surface area contributed by atoms with Gasteiger partial charge in [0.25, 0.3) is 5.91 Å². The molecule has 6 heteroatoms. The van der Waals surface area contributed by atoms with Crippen molar-refractivity contribution in [2.75, 3.05) is 13.1 Å². The molecule has 0 bridgehead atoms. The van der Waals surface area contributed by atoms with Crippen LogP contribution in [-0.2, 0) is 0 Å². The molecule has 3 aromatic rings. The number of piperidine rings is 1. The molecule has 144 valence electrons. The summed E-state index contributed by atoms with van der Waals surface area (Å²) in [5, 5.41) is 10.9. The number of fused-ring (bicyclic) bond motifs is 1. The van der Waals surface area contributed by atoms with Crippen molar-refractivity contribution in [2.45, 2.75) is 50.5 Å². The van der Waals surface area contributed by atoms with E-state index in [0.717, 1.165) is 42.4 Å². The van der Waals surface area contributed by atoms with Crippen LogP contribution < -0.4 is 0 Å². The van der Waals surface area contributed by atoms with Gasteiger partial charge in [-0.15, -0.1) is 5.10 Å². The molecule has 6 nitrogen and oxygen atoms in total. The average molecular weight is 375 g/mol.